The van der Waals surface area contributed by atoms with E-state index in [1.165, 1.54) is 16.2 Å². The predicted octanol–water partition coefficient (Wildman–Crippen LogP) is 5.56. The Morgan fingerprint density at radius 3 is 2.58 bits per heavy atom. The number of hydrogen-bond donors (Lipinski definition) is 2. The van der Waals surface area contributed by atoms with Gasteiger partial charge in [-0.15, -0.1) is 11.3 Å². The summed E-state index contributed by atoms with van der Waals surface area (Å²) < 4.78 is 17.5. The number of aromatic nitrogens is 2. The molecule has 3 aromatic rings. The number of ether oxygens (including phenoxy) is 3. The molecule has 0 spiro atoms. The van der Waals surface area contributed by atoms with Gasteiger partial charge in [0.2, 0.25) is 17.7 Å². The van der Waals surface area contributed by atoms with E-state index >= 15 is 0 Å². The first-order valence-corrected chi connectivity index (χ1v) is 18.3. The van der Waals surface area contributed by atoms with Crippen LogP contribution in [0.3, 0.4) is 0 Å². The van der Waals surface area contributed by atoms with Crippen LogP contribution in [0.25, 0.3) is 21.6 Å². The quantitative estimate of drug-likeness (QED) is 0.249. The summed E-state index contributed by atoms with van der Waals surface area (Å²) in [7, 11) is 0. The summed E-state index contributed by atoms with van der Waals surface area (Å²) in [4.78, 5) is 66.9. The molecule has 4 heterocycles. The molecule has 2 fully saturated rings. The van der Waals surface area contributed by atoms with Crippen molar-refractivity contribution >= 4 is 46.2 Å². The fourth-order valence-corrected chi connectivity index (χ4v) is 7.35. The van der Waals surface area contributed by atoms with Gasteiger partial charge in [-0.1, -0.05) is 43.2 Å². The maximum absolute atomic E-state index is 14.4. The molecule has 266 valence electrons. The molecule has 13 heteroatoms. The predicted molar refractivity (Wildman–Crippen MR) is 188 cm³/mol. The number of esters is 1. The summed E-state index contributed by atoms with van der Waals surface area (Å²) in [5.74, 6) is -1.31. The zero-order valence-electron chi connectivity index (χ0n) is 29.0. The molecule has 2 N–H and O–H groups in total. The summed E-state index contributed by atoms with van der Waals surface area (Å²) in [5, 5.41) is 7.72. The van der Waals surface area contributed by atoms with Crippen molar-refractivity contribution in [3.05, 3.63) is 53.9 Å². The second-order valence-electron chi connectivity index (χ2n) is 14.1. The molecule has 1 saturated heterocycles. The third-order valence-electron chi connectivity index (χ3n) is 9.14. The van der Waals surface area contributed by atoms with Crippen LogP contribution in [0.4, 0.5) is 4.79 Å². The Bertz CT molecular complexity index is 1760. The van der Waals surface area contributed by atoms with E-state index in [4.69, 9.17) is 24.2 Å². The highest BCUT2D eigenvalue weighted by molar-refractivity contribution is 7.13. The number of hydrogen-bond acceptors (Lipinski definition) is 10. The van der Waals surface area contributed by atoms with E-state index in [0.29, 0.717) is 41.9 Å². The molecule has 2 aliphatic heterocycles. The number of carbonyl (C=O) groups is 4. The van der Waals surface area contributed by atoms with Crippen molar-refractivity contribution in [2.45, 2.75) is 102 Å². The SMILES string of the molecule is CCOC(=O)[C@@]12CC1/C=C\CCCCC[C@@H](NC(=O)OC(C)(C)C)C(=O)N1CC(Oc3nc4ccccc4nc3-c3cccs3)C[C@H]1C(=O)N2. The Morgan fingerprint density at radius 2 is 1.86 bits per heavy atom. The van der Waals surface area contributed by atoms with Gasteiger partial charge >= 0.3 is 12.1 Å². The van der Waals surface area contributed by atoms with Crippen LogP contribution in [0.1, 0.15) is 72.6 Å². The summed E-state index contributed by atoms with van der Waals surface area (Å²) in [6, 6.07) is 9.44. The molecule has 1 saturated carbocycles. The third kappa shape index (κ3) is 7.93. The van der Waals surface area contributed by atoms with E-state index in [2.05, 4.69) is 10.6 Å². The minimum absolute atomic E-state index is 0.0531. The average molecular weight is 704 g/mol. The summed E-state index contributed by atoms with van der Waals surface area (Å²) in [6.07, 6.45) is 6.76. The molecular formula is C37H45N5O7S. The molecule has 2 unspecified atom stereocenters. The molecule has 3 aliphatic rings. The summed E-state index contributed by atoms with van der Waals surface area (Å²) in [5.41, 5.74) is -0.0443. The lowest BCUT2D eigenvalue weighted by Gasteiger charge is -2.30. The lowest BCUT2D eigenvalue weighted by molar-refractivity contribution is -0.150. The molecule has 12 nitrogen and oxygen atoms in total. The Hall–Kier alpha value is -4.52. The van der Waals surface area contributed by atoms with Crippen LogP contribution in [-0.4, -0.2) is 81.2 Å². The van der Waals surface area contributed by atoms with E-state index in [1.54, 1.807) is 27.7 Å². The number of alkyl carbamates (subject to hydrolysis) is 1. The number of carbonyl (C=O) groups excluding carboxylic acids is 4. The first-order valence-electron chi connectivity index (χ1n) is 17.4. The number of fused-ring (bicyclic) bond motifs is 3. The zero-order chi connectivity index (χ0) is 35.5. The van der Waals surface area contributed by atoms with Crippen LogP contribution in [0.2, 0.25) is 0 Å². The average Bonchev–Trinajstić information content (AvgIpc) is 3.38. The Kier molecular flexibility index (Phi) is 10.4. The molecule has 1 aromatic carbocycles. The maximum atomic E-state index is 14.4. The molecule has 1 aliphatic carbocycles. The molecule has 2 aromatic heterocycles. The minimum Gasteiger partial charge on any atom is -0.471 e. The van der Waals surface area contributed by atoms with Crippen molar-refractivity contribution < 1.29 is 33.4 Å². The van der Waals surface area contributed by atoms with Gasteiger partial charge in [0.1, 0.15) is 35.0 Å². The number of amides is 3. The molecule has 50 heavy (non-hydrogen) atoms. The number of para-hydroxylation sites is 2. The fraction of sp³-hybridized carbons (Fsp3) is 0.514. The lowest BCUT2D eigenvalue weighted by Crippen LogP contribution is -2.56. The summed E-state index contributed by atoms with van der Waals surface area (Å²) >= 11 is 1.50. The highest BCUT2D eigenvalue weighted by atomic mass is 32.1. The Labute approximate surface area is 296 Å². The van der Waals surface area contributed by atoms with Crippen LogP contribution in [-0.2, 0) is 23.9 Å². The molecule has 5 atom stereocenters. The van der Waals surface area contributed by atoms with Crippen LogP contribution < -0.4 is 15.4 Å². The first-order chi connectivity index (χ1) is 24.0. The van der Waals surface area contributed by atoms with Crippen molar-refractivity contribution in [3.63, 3.8) is 0 Å². The monoisotopic (exact) mass is 703 g/mol. The topological polar surface area (TPSA) is 149 Å². The van der Waals surface area contributed by atoms with Crippen LogP contribution >= 0.6 is 11.3 Å². The van der Waals surface area contributed by atoms with Gasteiger partial charge < -0.3 is 29.7 Å². The van der Waals surface area contributed by atoms with Gasteiger partial charge in [0, 0.05) is 12.3 Å². The molecule has 6 rings (SSSR count). The highest BCUT2D eigenvalue weighted by Gasteiger charge is 2.62. The van der Waals surface area contributed by atoms with Gasteiger partial charge in [0.25, 0.3) is 0 Å². The normalized spacial score (nSPS) is 26.4. The van der Waals surface area contributed by atoms with E-state index in [-0.39, 0.29) is 25.5 Å². The van der Waals surface area contributed by atoms with Crippen molar-refractivity contribution in [2.24, 2.45) is 5.92 Å². The standard InChI is InChI=1S/C37H45N5O7S/c1-5-47-34(45)37-21-23(37)14-9-7-6-8-10-17-27(40-35(46)49-36(2,3)4)33(44)42-22-24(20-28(42)31(43)41-37)48-32-30(29-18-13-19-50-29)38-25-15-11-12-16-26(25)39-32/h9,11-16,18-19,23-24,27-28H,5-8,10,17,20-22H2,1-4H3,(H,40,46)(H,41,43)/b14-9-/t23?,24?,27-,28+,37-/m1/s1. The molecule has 3 amide bonds. The first kappa shape index (κ1) is 35.3. The van der Waals surface area contributed by atoms with Gasteiger partial charge in [-0.3, -0.25) is 9.59 Å². The van der Waals surface area contributed by atoms with Crippen LogP contribution in [0.15, 0.2) is 53.9 Å². The van der Waals surface area contributed by atoms with E-state index in [9.17, 15) is 19.2 Å². The van der Waals surface area contributed by atoms with Gasteiger partial charge in [0.05, 0.1) is 29.1 Å². The number of rotatable bonds is 6. The zero-order valence-corrected chi connectivity index (χ0v) is 29.8. The van der Waals surface area contributed by atoms with Crippen molar-refractivity contribution in [1.82, 2.24) is 25.5 Å². The van der Waals surface area contributed by atoms with Crippen LogP contribution in [0, 0.1) is 5.92 Å². The minimum atomic E-state index is -1.21. The number of benzene rings is 1. The number of nitrogens with zero attached hydrogens (tertiary/aromatic N) is 3. The largest absolute Gasteiger partial charge is 0.471 e. The van der Waals surface area contributed by atoms with Crippen LogP contribution in [0.5, 0.6) is 5.88 Å². The van der Waals surface area contributed by atoms with Crippen molar-refractivity contribution in [3.8, 4) is 16.5 Å². The summed E-state index contributed by atoms with van der Waals surface area (Å²) in [6.45, 7) is 7.22. The molecule has 0 radical (unpaired) electrons. The van der Waals surface area contributed by atoms with Gasteiger partial charge in [-0.05, 0) is 77.0 Å². The van der Waals surface area contributed by atoms with E-state index in [1.807, 2.05) is 53.9 Å². The number of thiophene rings is 1. The van der Waals surface area contributed by atoms with Crippen molar-refractivity contribution in [1.29, 1.82) is 0 Å². The lowest BCUT2D eigenvalue weighted by atomic mass is 10.0. The number of allylic oxidation sites excluding steroid dienone is 1. The smallest absolute Gasteiger partial charge is 0.408 e. The Morgan fingerprint density at radius 1 is 1.08 bits per heavy atom. The van der Waals surface area contributed by atoms with Gasteiger partial charge in [-0.25, -0.2) is 19.6 Å². The molecular weight excluding hydrogens is 659 g/mol. The second kappa shape index (κ2) is 14.8. The van der Waals surface area contributed by atoms with Crippen molar-refractivity contribution in [2.75, 3.05) is 13.2 Å². The second-order valence-corrected chi connectivity index (χ2v) is 15.0. The molecule has 0 bridgehead atoms. The van der Waals surface area contributed by atoms with E-state index in [0.717, 1.165) is 24.1 Å². The van der Waals surface area contributed by atoms with Gasteiger partial charge in [-0.2, -0.15) is 0 Å². The number of nitrogens with one attached hydrogen (secondary N) is 2. The van der Waals surface area contributed by atoms with Gasteiger partial charge in [0.15, 0.2) is 0 Å². The third-order valence-corrected chi connectivity index (χ3v) is 10.0. The fourth-order valence-electron chi connectivity index (χ4n) is 6.64. The highest BCUT2D eigenvalue weighted by Crippen LogP contribution is 2.46. The van der Waals surface area contributed by atoms with E-state index < -0.39 is 53.2 Å². The Balaban J connectivity index is 1.33. The maximum Gasteiger partial charge on any atom is 0.408 e.